The van der Waals surface area contributed by atoms with Gasteiger partial charge in [0.25, 0.3) is 0 Å². The summed E-state index contributed by atoms with van der Waals surface area (Å²) in [6.45, 7) is -1.93. The van der Waals surface area contributed by atoms with Crippen molar-refractivity contribution in [3.63, 3.8) is 0 Å². The van der Waals surface area contributed by atoms with E-state index in [1.165, 1.54) is 6.07 Å². The number of aliphatic hydroxyl groups excluding tert-OH is 1. The van der Waals surface area contributed by atoms with Gasteiger partial charge in [0.05, 0.1) is 31.6 Å². The van der Waals surface area contributed by atoms with Gasteiger partial charge in [-0.3, -0.25) is 0 Å². The van der Waals surface area contributed by atoms with Crippen LogP contribution in [0.3, 0.4) is 0 Å². The van der Waals surface area contributed by atoms with Crippen LogP contribution in [0.2, 0.25) is 0 Å². The highest BCUT2D eigenvalue weighted by Gasteiger charge is 2.51. The van der Waals surface area contributed by atoms with Crippen LogP contribution in [0.15, 0.2) is 54.6 Å². The molecule has 1 heterocycles. The first-order valence-corrected chi connectivity index (χ1v) is 9.84. The molecule has 3 aromatic rings. The maximum atomic E-state index is 13.7. The number of aromatic nitrogens is 1. The SMILES string of the molecule is Cn1c(-c2ccccc2)cc2ccc(OCCC(F)(F)OC(F)(F)OC(F)(F)CCO)cc21. The minimum Gasteiger partial charge on any atom is -0.493 e. The van der Waals surface area contributed by atoms with E-state index >= 15 is 0 Å². The van der Waals surface area contributed by atoms with E-state index in [9.17, 15) is 26.3 Å². The van der Waals surface area contributed by atoms with E-state index in [2.05, 4.69) is 9.47 Å². The van der Waals surface area contributed by atoms with Gasteiger partial charge >= 0.3 is 18.5 Å². The summed E-state index contributed by atoms with van der Waals surface area (Å²) in [6, 6.07) is 16.4. The lowest BCUT2D eigenvalue weighted by Gasteiger charge is -2.26. The Kier molecular flexibility index (Phi) is 7.25. The van der Waals surface area contributed by atoms with Crippen molar-refractivity contribution in [2.45, 2.75) is 31.4 Å². The average Bonchev–Trinajstić information content (AvgIpc) is 3.03. The lowest BCUT2D eigenvalue weighted by Crippen LogP contribution is -2.41. The molecule has 5 nitrogen and oxygen atoms in total. The number of nitrogens with zero attached hydrogens (tertiary/aromatic N) is 1. The highest BCUT2D eigenvalue weighted by molar-refractivity contribution is 5.88. The van der Waals surface area contributed by atoms with Gasteiger partial charge in [0, 0.05) is 24.2 Å². The summed E-state index contributed by atoms with van der Waals surface area (Å²) < 4.78 is 93.4. The van der Waals surface area contributed by atoms with Crippen LogP contribution in [0.5, 0.6) is 5.75 Å². The summed E-state index contributed by atoms with van der Waals surface area (Å²) in [5, 5.41) is 9.26. The van der Waals surface area contributed by atoms with Gasteiger partial charge in [-0.15, -0.1) is 8.78 Å². The molecule has 33 heavy (non-hydrogen) atoms. The molecule has 0 saturated heterocycles. The lowest BCUT2D eigenvalue weighted by atomic mass is 10.1. The molecule has 1 aromatic heterocycles. The van der Waals surface area contributed by atoms with E-state index in [1.54, 1.807) is 12.1 Å². The maximum absolute atomic E-state index is 13.7. The minimum absolute atomic E-state index is 0.205. The topological polar surface area (TPSA) is 52.9 Å². The number of hydrogen-bond acceptors (Lipinski definition) is 4. The van der Waals surface area contributed by atoms with Crippen molar-refractivity contribution >= 4 is 10.9 Å². The number of fused-ring (bicyclic) bond motifs is 1. The first-order chi connectivity index (χ1) is 15.4. The fraction of sp³-hybridized carbons (Fsp3) is 0.364. The summed E-state index contributed by atoms with van der Waals surface area (Å²) in [5.74, 6) is 0.205. The highest BCUT2D eigenvalue weighted by Crippen LogP contribution is 2.36. The normalized spacial score (nSPS) is 13.0. The lowest BCUT2D eigenvalue weighted by molar-refractivity contribution is -0.514. The van der Waals surface area contributed by atoms with Gasteiger partial charge in [0.1, 0.15) is 5.75 Å². The van der Waals surface area contributed by atoms with Crippen molar-refractivity contribution in [3.8, 4) is 17.0 Å². The molecule has 0 spiro atoms. The van der Waals surface area contributed by atoms with Gasteiger partial charge < -0.3 is 14.4 Å². The van der Waals surface area contributed by atoms with E-state index in [0.29, 0.717) is 0 Å². The third-order valence-electron chi connectivity index (χ3n) is 4.69. The van der Waals surface area contributed by atoms with Gasteiger partial charge in [0.15, 0.2) is 0 Å². The molecule has 3 rings (SSSR count). The summed E-state index contributed by atoms with van der Waals surface area (Å²) in [7, 11) is 1.82. The number of ether oxygens (including phenoxy) is 3. The Hall–Kier alpha value is -2.76. The van der Waals surface area contributed by atoms with Crippen LogP contribution in [0.25, 0.3) is 22.2 Å². The van der Waals surface area contributed by atoms with Crippen molar-refractivity contribution < 1.29 is 45.7 Å². The molecule has 0 atom stereocenters. The molecular formula is C22H21F6NO4. The maximum Gasteiger partial charge on any atom is 0.494 e. The second-order valence-electron chi connectivity index (χ2n) is 7.19. The molecule has 0 aliphatic heterocycles. The van der Waals surface area contributed by atoms with E-state index in [0.717, 1.165) is 22.2 Å². The van der Waals surface area contributed by atoms with E-state index in [1.807, 2.05) is 48.0 Å². The van der Waals surface area contributed by atoms with E-state index < -0.39 is 44.6 Å². The molecule has 0 aliphatic carbocycles. The van der Waals surface area contributed by atoms with Crippen molar-refractivity contribution in [3.05, 3.63) is 54.6 Å². The quantitative estimate of drug-likeness (QED) is 0.282. The van der Waals surface area contributed by atoms with Crippen molar-refractivity contribution in [2.75, 3.05) is 13.2 Å². The van der Waals surface area contributed by atoms with Gasteiger partial charge in [-0.2, -0.15) is 17.6 Å². The zero-order valence-corrected chi connectivity index (χ0v) is 17.4. The number of benzene rings is 2. The predicted molar refractivity (Wildman–Crippen MR) is 107 cm³/mol. The average molecular weight is 477 g/mol. The molecule has 0 saturated carbocycles. The third kappa shape index (κ3) is 6.62. The Morgan fingerprint density at radius 3 is 2.12 bits per heavy atom. The minimum atomic E-state index is -5.28. The Balaban J connectivity index is 1.62. The van der Waals surface area contributed by atoms with E-state index in [4.69, 9.17) is 9.84 Å². The van der Waals surface area contributed by atoms with Crippen LogP contribution in [-0.4, -0.2) is 41.4 Å². The van der Waals surface area contributed by atoms with E-state index in [-0.39, 0.29) is 5.75 Å². The summed E-state index contributed by atoms with van der Waals surface area (Å²) in [4.78, 5) is 0. The molecule has 2 aromatic carbocycles. The smallest absolute Gasteiger partial charge is 0.493 e. The second-order valence-corrected chi connectivity index (χ2v) is 7.19. The second kappa shape index (κ2) is 9.62. The van der Waals surface area contributed by atoms with Crippen LogP contribution in [0.4, 0.5) is 26.3 Å². The first kappa shape index (κ1) is 24.9. The van der Waals surface area contributed by atoms with Crippen LogP contribution in [0.1, 0.15) is 12.8 Å². The molecule has 1 N–H and O–H groups in total. The largest absolute Gasteiger partial charge is 0.494 e. The number of alkyl halides is 6. The fourth-order valence-electron chi connectivity index (χ4n) is 3.17. The number of aryl methyl sites for hydroxylation is 1. The number of rotatable bonds is 11. The molecule has 0 radical (unpaired) electrons. The molecule has 0 aliphatic rings. The van der Waals surface area contributed by atoms with Gasteiger partial charge in [0.2, 0.25) is 0 Å². The first-order valence-electron chi connectivity index (χ1n) is 9.84. The highest BCUT2D eigenvalue weighted by atomic mass is 19.3. The molecule has 0 unspecified atom stereocenters. The molecule has 11 heteroatoms. The Labute approximate surface area is 185 Å². The van der Waals surface area contributed by atoms with Crippen LogP contribution < -0.4 is 4.74 Å². The molecule has 0 bridgehead atoms. The number of aliphatic hydroxyl groups is 1. The fourth-order valence-corrected chi connectivity index (χ4v) is 3.17. The molecular weight excluding hydrogens is 456 g/mol. The number of hydrogen-bond donors (Lipinski definition) is 1. The van der Waals surface area contributed by atoms with Crippen LogP contribution in [0, 0.1) is 0 Å². The monoisotopic (exact) mass is 477 g/mol. The van der Waals surface area contributed by atoms with Crippen LogP contribution >= 0.6 is 0 Å². The summed E-state index contributed by atoms with van der Waals surface area (Å²) >= 11 is 0. The standard InChI is InChI=1S/C22H21F6NO4/c1-29-18(15-5-3-2-4-6-15)13-16-7-8-17(14-19(16)29)31-12-10-21(25,26)33-22(27,28)32-20(23,24)9-11-30/h2-8,13-14,30H,9-12H2,1H3. The van der Waals surface area contributed by atoms with Gasteiger partial charge in [-0.1, -0.05) is 30.3 Å². The summed E-state index contributed by atoms with van der Waals surface area (Å²) in [6.07, 6.45) is -17.2. The zero-order chi connectivity index (χ0) is 24.3. The Bertz CT molecular complexity index is 1070. The van der Waals surface area contributed by atoms with Crippen molar-refractivity contribution in [1.82, 2.24) is 4.57 Å². The number of halogens is 6. The van der Waals surface area contributed by atoms with Gasteiger partial charge in [-0.25, -0.2) is 9.47 Å². The van der Waals surface area contributed by atoms with Crippen molar-refractivity contribution in [1.29, 1.82) is 0 Å². The summed E-state index contributed by atoms with van der Waals surface area (Å²) in [5.41, 5.74) is 2.64. The Morgan fingerprint density at radius 2 is 1.48 bits per heavy atom. The zero-order valence-electron chi connectivity index (χ0n) is 17.4. The Morgan fingerprint density at radius 1 is 0.848 bits per heavy atom. The molecule has 0 fully saturated rings. The van der Waals surface area contributed by atoms with Gasteiger partial charge in [-0.05, 0) is 23.8 Å². The molecule has 180 valence electrons. The van der Waals surface area contributed by atoms with Crippen LogP contribution in [-0.2, 0) is 16.5 Å². The van der Waals surface area contributed by atoms with Crippen molar-refractivity contribution in [2.24, 2.45) is 7.05 Å². The molecule has 0 amide bonds. The third-order valence-corrected chi connectivity index (χ3v) is 4.69. The predicted octanol–water partition coefficient (Wildman–Crippen LogP) is 5.77.